The zero-order valence-corrected chi connectivity index (χ0v) is 8.28. The fourth-order valence-electron chi connectivity index (χ4n) is 0.711. The van der Waals surface area contributed by atoms with Gasteiger partial charge in [0.25, 0.3) is 0 Å². The van der Waals surface area contributed by atoms with Crippen molar-refractivity contribution in [2.24, 2.45) is 0 Å². The van der Waals surface area contributed by atoms with Crippen molar-refractivity contribution in [1.82, 2.24) is 0 Å². The van der Waals surface area contributed by atoms with Gasteiger partial charge in [-0.15, -0.1) is 11.3 Å². The van der Waals surface area contributed by atoms with Gasteiger partial charge < -0.3 is 4.74 Å². The maximum atomic E-state index is 8.63. The van der Waals surface area contributed by atoms with Gasteiger partial charge in [0.05, 0.1) is 4.88 Å². The van der Waals surface area contributed by atoms with E-state index in [1.54, 1.807) is 0 Å². The minimum atomic E-state index is -0.440. The smallest absolute Gasteiger partial charge is 0.178 e. The first-order chi connectivity index (χ1) is 5.29. The molecular weight excluding hydrogens is 226 g/mol. The van der Waals surface area contributed by atoms with Crippen LogP contribution in [0.3, 0.4) is 0 Å². The van der Waals surface area contributed by atoms with E-state index in [9.17, 15) is 0 Å². The predicted molar refractivity (Wildman–Crippen MR) is 47.4 cm³/mol. The van der Waals surface area contributed by atoms with Gasteiger partial charge in [0.15, 0.2) is 6.10 Å². The van der Waals surface area contributed by atoms with E-state index in [1.165, 1.54) is 18.4 Å². The summed E-state index contributed by atoms with van der Waals surface area (Å²) < 4.78 is 5.88. The van der Waals surface area contributed by atoms with E-state index >= 15 is 0 Å². The summed E-state index contributed by atoms with van der Waals surface area (Å²) in [6, 6.07) is 3.96. The first-order valence-electron chi connectivity index (χ1n) is 2.95. The Morgan fingerprint density at radius 1 is 1.82 bits per heavy atom. The normalized spacial score (nSPS) is 12.5. The summed E-state index contributed by atoms with van der Waals surface area (Å²) in [6.45, 7) is 0. The van der Waals surface area contributed by atoms with E-state index < -0.39 is 6.10 Å². The number of nitriles is 1. The third kappa shape index (κ3) is 1.80. The molecule has 0 amide bonds. The molecule has 2 nitrogen and oxygen atoms in total. The molecule has 0 radical (unpaired) electrons. The van der Waals surface area contributed by atoms with Crippen LogP contribution in [0.1, 0.15) is 11.0 Å². The summed E-state index contributed by atoms with van der Waals surface area (Å²) >= 11 is 4.84. The SMILES string of the molecule is COC(C#N)c1sccc1Br. The van der Waals surface area contributed by atoms with Gasteiger partial charge in [-0.25, -0.2) is 0 Å². The lowest BCUT2D eigenvalue weighted by Crippen LogP contribution is -1.94. The maximum Gasteiger partial charge on any atom is 0.178 e. The second kappa shape index (κ2) is 3.86. The van der Waals surface area contributed by atoms with Crippen LogP contribution in [-0.2, 0) is 4.74 Å². The Bertz CT molecular complexity index is 278. The van der Waals surface area contributed by atoms with Gasteiger partial charge in [0.2, 0.25) is 0 Å². The number of hydrogen-bond acceptors (Lipinski definition) is 3. The van der Waals surface area contributed by atoms with Gasteiger partial charge in [0, 0.05) is 11.6 Å². The van der Waals surface area contributed by atoms with Crippen molar-refractivity contribution in [3.05, 3.63) is 20.8 Å². The first kappa shape index (κ1) is 8.72. The molecule has 0 aromatic carbocycles. The molecule has 0 aliphatic carbocycles. The lowest BCUT2D eigenvalue weighted by Gasteiger charge is -2.03. The molecule has 4 heteroatoms. The Labute approximate surface area is 77.5 Å². The molecular formula is C7H6BrNOS. The summed E-state index contributed by atoms with van der Waals surface area (Å²) in [5.41, 5.74) is 0. The predicted octanol–water partition coefficient (Wildman–Crippen LogP) is 2.72. The summed E-state index contributed by atoms with van der Waals surface area (Å²) in [6.07, 6.45) is -0.440. The van der Waals surface area contributed by atoms with Crippen LogP contribution in [-0.4, -0.2) is 7.11 Å². The quantitative estimate of drug-likeness (QED) is 0.785. The van der Waals surface area contributed by atoms with Crippen LogP contribution in [0.2, 0.25) is 0 Å². The largest absolute Gasteiger partial charge is 0.361 e. The van der Waals surface area contributed by atoms with Gasteiger partial charge in [-0.3, -0.25) is 0 Å². The van der Waals surface area contributed by atoms with Crippen LogP contribution >= 0.6 is 27.3 Å². The zero-order chi connectivity index (χ0) is 8.27. The standard InChI is InChI=1S/C7H6BrNOS/c1-10-6(4-9)7-5(8)2-3-11-7/h2-3,6H,1H3. The van der Waals surface area contributed by atoms with Crippen molar-refractivity contribution in [2.45, 2.75) is 6.10 Å². The minimum Gasteiger partial charge on any atom is -0.361 e. The van der Waals surface area contributed by atoms with Gasteiger partial charge >= 0.3 is 0 Å². The molecule has 0 N–H and O–H groups in total. The average Bonchev–Trinajstić information content (AvgIpc) is 2.40. The van der Waals surface area contributed by atoms with Crippen LogP contribution < -0.4 is 0 Å². The lowest BCUT2D eigenvalue weighted by molar-refractivity contribution is 0.151. The fourth-order valence-corrected chi connectivity index (χ4v) is 2.31. The Balaban J connectivity index is 2.92. The molecule has 0 aliphatic heterocycles. The van der Waals surface area contributed by atoms with Crippen molar-refractivity contribution in [1.29, 1.82) is 5.26 Å². The van der Waals surface area contributed by atoms with E-state index in [2.05, 4.69) is 22.0 Å². The maximum absolute atomic E-state index is 8.63. The van der Waals surface area contributed by atoms with Gasteiger partial charge in [-0.1, -0.05) is 0 Å². The van der Waals surface area contributed by atoms with Crippen molar-refractivity contribution in [3.63, 3.8) is 0 Å². The van der Waals surface area contributed by atoms with E-state index in [0.717, 1.165) is 9.35 Å². The Morgan fingerprint density at radius 2 is 2.55 bits per heavy atom. The monoisotopic (exact) mass is 231 g/mol. The van der Waals surface area contributed by atoms with Crippen LogP contribution in [0.4, 0.5) is 0 Å². The number of nitrogens with zero attached hydrogens (tertiary/aromatic N) is 1. The van der Waals surface area contributed by atoms with Crippen LogP contribution in [0, 0.1) is 11.3 Å². The highest BCUT2D eigenvalue weighted by Crippen LogP contribution is 2.30. The fraction of sp³-hybridized carbons (Fsp3) is 0.286. The number of ether oxygens (including phenoxy) is 1. The molecule has 0 fully saturated rings. The zero-order valence-electron chi connectivity index (χ0n) is 5.87. The molecule has 1 aromatic rings. The topological polar surface area (TPSA) is 33.0 Å². The van der Waals surface area contributed by atoms with E-state index in [4.69, 9.17) is 10.00 Å². The number of methoxy groups -OCH3 is 1. The molecule has 1 heterocycles. The van der Waals surface area contributed by atoms with Crippen molar-refractivity contribution < 1.29 is 4.74 Å². The second-order valence-corrected chi connectivity index (χ2v) is 3.68. The molecule has 0 saturated heterocycles. The molecule has 1 rings (SSSR count). The highest BCUT2D eigenvalue weighted by Gasteiger charge is 2.13. The molecule has 0 saturated carbocycles. The molecule has 0 bridgehead atoms. The van der Waals surface area contributed by atoms with Gasteiger partial charge in [-0.2, -0.15) is 5.26 Å². The summed E-state index contributed by atoms with van der Waals surface area (Å²) in [7, 11) is 1.53. The molecule has 1 unspecified atom stereocenters. The van der Waals surface area contributed by atoms with Crippen molar-refractivity contribution >= 4 is 27.3 Å². The Kier molecular flexibility index (Phi) is 3.06. The third-order valence-electron chi connectivity index (χ3n) is 1.24. The van der Waals surface area contributed by atoms with Crippen LogP contribution in [0.5, 0.6) is 0 Å². The molecule has 58 valence electrons. The molecule has 0 aliphatic rings. The third-order valence-corrected chi connectivity index (χ3v) is 3.15. The summed E-state index contributed by atoms with van der Waals surface area (Å²) in [5, 5.41) is 10.6. The van der Waals surface area contributed by atoms with E-state index in [-0.39, 0.29) is 0 Å². The lowest BCUT2D eigenvalue weighted by atomic mass is 10.3. The average molecular weight is 232 g/mol. The van der Waals surface area contributed by atoms with E-state index in [1.807, 2.05) is 11.4 Å². The molecule has 0 spiro atoms. The molecule has 11 heavy (non-hydrogen) atoms. The highest BCUT2D eigenvalue weighted by molar-refractivity contribution is 9.10. The van der Waals surface area contributed by atoms with Crippen molar-refractivity contribution in [3.8, 4) is 6.07 Å². The summed E-state index contributed by atoms with van der Waals surface area (Å²) in [4.78, 5) is 0.926. The second-order valence-electron chi connectivity index (χ2n) is 1.88. The van der Waals surface area contributed by atoms with Crippen LogP contribution in [0.15, 0.2) is 15.9 Å². The van der Waals surface area contributed by atoms with Crippen molar-refractivity contribution in [2.75, 3.05) is 7.11 Å². The molecule has 1 aromatic heterocycles. The first-order valence-corrected chi connectivity index (χ1v) is 4.62. The van der Waals surface area contributed by atoms with Crippen LogP contribution in [0.25, 0.3) is 0 Å². The molecule has 1 atom stereocenters. The minimum absolute atomic E-state index is 0.440. The summed E-state index contributed by atoms with van der Waals surface area (Å²) in [5.74, 6) is 0. The highest BCUT2D eigenvalue weighted by atomic mass is 79.9. The number of rotatable bonds is 2. The Hall–Kier alpha value is -0.370. The number of halogens is 1. The Morgan fingerprint density at radius 3 is 2.91 bits per heavy atom. The number of thiophene rings is 1. The number of hydrogen-bond donors (Lipinski definition) is 0. The van der Waals surface area contributed by atoms with Gasteiger partial charge in [-0.05, 0) is 27.4 Å². The van der Waals surface area contributed by atoms with Gasteiger partial charge in [0.1, 0.15) is 6.07 Å². The van der Waals surface area contributed by atoms with E-state index in [0.29, 0.717) is 0 Å².